The summed E-state index contributed by atoms with van der Waals surface area (Å²) in [6.07, 6.45) is 11.3. The van der Waals surface area contributed by atoms with Crippen molar-refractivity contribution in [1.29, 1.82) is 5.26 Å². The van der Waals surface area contributed by atoms with Crippen LogP contribution in [0.4, 0.5) is 4.39 Å². The van der Waals surface area contributed by atoms with E-state index in [1.165, 1.54) is 31.4 Å². The van der Waals surface area contributed by atoms with Gasteiger partial charge in [0.05, 0.1) is 6.29 Å². The zero-order valence-corrected chi connectivity index (χ0v) is 19.9. The van der Waals surface area contributed by atoms with Crippen LogP contribution in [0, 0.1) is 23.2 Å². The van der Waals surface area contributed by atoms with Crippen LogP contribution in [0.15, 0.2) is 67.0 Å². The Kier molecular flexibility index (Phi) is 8.40. The van der Waals surface area contributed by atoms with Crippen LogP contribution in [0.3, 0.4) is 0 Å². The molecule has 2 aromatic carbocycles. The molecule has 0 spiro atoms. The van der Waals surface area contributed by atoms with E-state index in [2.05, 4.69) is 11.2 Å². The Bertz CT molecular complexity index is 1080. The first-order valence-electron chi connectivity index (χ1n) is 10.2. The van der Waals surface area contributed by atoms with Gasteiger partial charge in [-0.2, -0.15) is 23.0 Å². The van der Waals surface area contributed by atoms with E-state index in [0.29, 0.717) is 23.1 Å². The van der Waals surface area contributed by atoms with Gasteiger partial charge in [-0.25, -0.2) is 4.39 Å². The summed E-state index contributed by atoms with van der Waals surface area (Å²) in [5.74, 6) is 1.67. The predicted molar refractivity (Wildman–Crippen MR) is 114 cm³/mol. The van der Waals surface area contributed by atoms with E-state index in [1.807, 2.05) is 11.2 Å². The fourth-order valence-electron chi connectivity index (χ4n) is 4.08. The maximum absolute atomic E-state index is 12.9. The molecule has 1 saturated carbocycles. The number of benzene rings is 2. The molecule has 2 bridgehead atoms. The molecule has 7 heteroatoms. The molecule has 2 aliphatic rings. The third-order valence-corrected chi connectivity index (χ3v) is 5.67. The van der Waals surface area contributed by atoms with Crippen LogP contribution >= 0.6 is 0 Å². The van der Waals surface area contributed by atoms with Gasteiger partial charge in [0.15, 0.2) is 6.19 Å². The van der Waals surface area contributed by atoms with Crippen LogP contribution in [0.25, 0.3) is 11.1 Å². The summed E-state index contributed by atoms with van der Waals surface area (Å²) in [7, 11) is 0. The molecule has 32 heavy (non-hydrogen) atoms. The normalized spacial score (nSPS) is 18.1. The summed E-state index contributed by atoms with van der Waals surface area (Å²) < 4.78 is 18.7. The first-order valence-corrected chi connectivity index (χ1v) is 10.2. The van der Waals surface area contributed by atoms with Crippen LogP contribution in [0.2, 0.25) is 0 Å². The number of hydrogen-bond donors (Lipinski definition) is 0. The fraction of sp³-hybridized carbons (Fsp3) is 0.240. The molecule has 2 atom stereocenters. The van der Waals surface area contributed by atoms with Crippen LogP contribution in [-0.2, 0) is 4.79 Å². The Morgan fingerprint density at radius 3 is 2.41 bits per heavy atom. The van der Waals surface area contributed by atoms with Crippen molar-refractivity contribution in [2.24, 2.45) is 5.92 Å². The van der Waals surface area contributed by atoms with Gasteiger partial charge in [-0.1, -0.05) is 0 Å². The van der Waals surface area contributed by atoms with Gasteiger partial charge in [0.1, 0.15) is 17.3 Å². The van der Waals surface area contributed by atoms with Crippen LogP contribution < -0.4 is 34.3 Å². The van der Waals surface area contributed by atoms with E-state index in [1.54, 1.807) is 54.9 Å². The van der Waals surface area contributed by atoms with E-state index < -0.39 is 0 Å². The van der Waals surface area contributed by atoms with Gasteiger partial charge >= 0.3 is 29.6 Å². The molecule has 0 radical (unpaired) electrons. The van der Waals surface area contributed by atoms with Crippen molar-refractivity contribution in [2.45, 2.75) is 25.3 Å². The Morgan fingerprint density at radius 1 is 1.09 bits per heavy atom. The standard InChI is InChI=1S/C18H11FNO2.C7H10N2.Na/c19-15-5-7-16(8-6-15)22-18-9-10-20-11-17(18)14-3-1-13(12-21)2-4-14;8-5-9-4-6-1-2-7(9)3-6;/h1-11H;6-7H,1-4H2;/q-1;;+1. The number of rotatable bonds is 4. The van der Waals surface area contributed by atoms with Gasteiger partial charge < -0.3 is 14.4 Å². The van der Waals surface area contributed by atoms with Crippen molar-refractivity contribution in [1.82, 2.24) is 9.88 Å². The Hall–Kier alpha value is -2.72. The summed E-state index contributed by atoms with van der Waals surface area (Å²) in [5, 5.41) is 8.56. The van der Waals surface area contributed by atoms with Crippen LogP contribution in [-0.4, -0.2) is 28.8 Å². The summed E-state index contributed by atoms with van der Waals surface area (Å²) in [4.78, 5) is 16.6. The van der Waals surface area contributed by atoms with E-state index in [9.17, 15) is 9.18 Å². The number of aromatic nitrogens is 1. The molecule has 1 saturated heterocycles. The molecule has 0 N–H and O–H groups in total. The molecule has 2 heterocycles. The van der Waals surface area contributed by atoms with Gasteiger partial charge in [-0.05, 0) is 61.1 Å². The summed E-state index contributed by atoms with van der Waals surface area (Å²) >= 11 is 0. The largest absolute Gasteiger partial charge is 1.00 e. The SMILES string of the molecule is N#CN1CC2CCC1C2.O=[C-]c1ccc(-c2cnccc2Oc2ccc(F)cc2)cc1.[Na+]. The molecule has 0 amide bonds. The molecule has 5 rings (SSSR count). The molecule has 156 valence electrons. The number of halogens is 1. The Morgan fingerprint density at radius 2 is 1.84 bits per heavy atom. The van der Waals surface area contributed by atoms with Gasteiger partial charge in [0.2, 0.25) is 0 Å². The van der Waals surface area contributed by atoms with E-state index in [-0.39, 0.29) is 35.4 Å². The second kappa shape index (κ2) is 11.2. The molecule has 3 aromatic rings. The molecule has 1 aliphatic heterocycles. The van der Waals surface area contributed by atoms with E-state index >= 15 is 0 Å². The summed E-state index contributed by atoms with van der Waals surface area (Å²) in [5.41, 5.74) is 2.13. The minimum Gasteiger partial charge on any atom is -0.457 e. The number of fused-ring (bicyclic) bond motifs is 2. The third kappa shape index (κ3) is 5.74. The van der Waals surface area contributed by atoms with Gasteiger partial charge in [-0.15, -0.1) is 12.1 Å². The number of pyridine rings is 1. The first kappa shape index (κ1) is 23.9. The average Bonchev–Trinajstić information content (AvgIpc) is 3.45. The number of piperidine rings is 1. The van der Waals surface area contributed by atoms with E-state index in [4.69, 9.17) is 10.00 Å². The second-order valence-corrected chi connectivity index (χ2v) is 7.69. The predicted octanol–water partition coefficient (Wildman–Crippen LogP) is 2.09. The summed E-state index contributed by atoms with van der Waals surface area (Å²) in [6.45, 7) is 1.04. The van der Waals surface area contributed by atoms with Crippen molar-refractivity contribution in [3.63, 3.8) is 0 Å². The van der Waals surface area contributed by atoms with Gasteiger partial charge in [-0.3, -0.25) is 4.98 Å². The van der Waals surface area contributed by atoms with Crippen LogP contribution in [0.1, 0.15) is 24.8 Å². The minimum atomic E-state index is -0.317. The molecule has 5 nitrogen and oxygen atoms in total. The van der Waals surface area contributed by atoms with Gasteiger partial charge in [0.25, 0.3) is 0 Å². The van der Waals surface area contributed by atoms with Gasteiger partial charge in [0, 0.05) is 30.5 Å². The Labute approximate surface area is 209 Å². The maximum atomic E-state index is 12.9. The average molecular weight is 437 g/mol. The number of hydrogen-bond acceptors (Lipinski definition) is 5. The topological polar surface area (TPSA) is 66.2 Å². The fourth-order valence-corrected chi connectivity index (χ4v) is 4.08. The molecule has 1 aliphatic carbocycles. The zero-order valence-electron chi connectivity index (χ0n) is 17.9. The smallest absolute Gasteiger partial charge is 0.457 e. The molecule has 1 aromatic heterocycles. The second-order valence-electron chi connectivity index (χ2n) is 7.69. The van der Waals surface area contributed by atoms with Crippen LogP contribution in [0.5, 0.6) is 11.5 Å². The number of carbonyl (C=O) groups excluding carboxylic acids is 1. The molecular formula is C25H21FN3NaO2. The Balaban J connectivity index is 0.000000241. The molecular weight excluding hydrogens is 416 g/mol. The third-order valence-electron chi connectivity index (χ3n) is 5.67. The maximum Gasteiger partial charge on any atom is 1.00 e. The van der Waals surface area contributed by atoms with Crippen molar-refractivity contribution < 1.29 is 43.5 Å². The zero-order chi connectivity index (χ0) is 21.6. The van der Waals surface area contributed by atoms with E-state index in [0.717, 1.165) is 23.6 Å². The van der Waals surface area contributed by atoms with Crippen molar-refractivity contribution in [2.75, 3.05) is 6.54 Å². The summed E-state index contributed by atoms with van der Waals surface area (Å²) in [6, 6.07) is 15.1. The molecule has 2 fully saturated rings. The van der Waals surface area contributed by atoms with Crippen molar-refractivity contribution in [3.8, 4) is 28.8 Å². The quantitative estimate of drug-likeness (QED) is 0.355. The monoisotopic (exact) mass is 437 g/mol. The number of nitriles is 1. The first-order chi connectivity index (χ1) is 15.2. The van der Waals surface area contributed by atoms with Crippen molar-refractivity contribution >= 4 is 6.29 Å². The van der Waals surface area contributed by atoms with Crippen molar-refractivity contribution in [3.05, 3.63) is 78.4 Å². The minimum absolute atomic E-state index is 0. The number of ether oxygens (including phenoxy) is 1. The number of nitrogens with zero attached hydrogens (tertiary/aromatic N) is 3. The molecule has 2 unspecified atom stereocenters. The number of likely N-dealkylation sites (tertiary alicyclic amines) is 1.